The van der Waals surface area contributed by atoms with E-state index in [-0.39, 0.29) is 0 Å². The Morgan fingerprint density at radius 3 is 2.06 bits per heavy atom. The van der Waals surface area contributed by atoms with Crippen LogP contribution in [0.25, 0.3) is 0 Å². The Bertz CT molecular complexity index is 280. The van der Waals surface area contributed by atoms with Crippen LogP contribution in [0.15, 0.2) is 0 Å². The maximum atomic E-state index is 2.48. The fraction of sp³-hybridized carbons (Fsp3) is 1.00. The van der Waals surface area contributed by atoms with Crippen molar-refractivity contribution < 1.29 is 0 Å². The first-order valence-electron chi connectivity index (χ1n) is 8.46. The summed E-state index contributed by atoms with van der Waals surface area (Å²) in [5, 5.41) is 0. The van der Waals surface area contributed by atoms with Crippen LogP contribution in [0.5, 0.6) is 0 Å². The van der Waals surface area contributed by atoms with Crippen LogP contribution >= 0.6 is 0 Å². The van der Waals surface area contributed by atoms with Crippen LogP contribution in [-0.2, 0) is 0 Å². The summed E-state index contributed by atoms with van der Waals surface area (Å²) in [7, 11) is 0. The molecule has 4 atom stereocenters. The lowest BCUT2D eigenvalue weighted by molar-refractivity contribution is 0.132. The summed E-state index contributed by atoms with van der Waals surface area (Å²) in [5.74, 6) is 2.66. The van der Waals surface area contributed by atoms with Crippen LogP contribution in [0, 0.1) is 28.6 Å². The molecule has 18 heavy (non-hydrogen) atoms. The van der Waals surface area contributed by atoms with E-state index in [1.165, 1.54) is 32.1 Å². The van der Waals surface area contributed by atoms with Gasteiger partial charge in [-0.1, -0.05) is 47.5 Å². The third-order valence-corrected chi connectivity index (χ3v) is 6.80. The molecule has 0 bridgehead atoms. The molecule has 0 aromatic heterocycles. The molecular weight excluding hydrogens is 216 g/mol. The molecule has 4 unspecified atom stereocenters. The van der Waals surface area contributed by atoms with Crippen LogP contribution in [-0.4, -0.2) is 0 Å². The molecule has 2 saturated carbocycles. The van der Waals surface area contributed by atoms with Crippen LogP contribution in [0.1, 0.15) is 86.0 Å². The number of rotatable bonds is 8. The summed E-state index contributed by atoms with van der Waals surface area (Å²) >= 11 is 0. The SMILES string of the molecule is CCCCC12CCC1(CCC(C)C(C)C(C)C)C2. The van der Waals surface area contributed by atoms with Gasteiger partial charge in [0.25, 0.3) is 0 Å². The summed E-state index contributed by atoms with van der Waals surface area (Å²) in [5.41, 5.74) is 1.69. The Hall–Kier alpha value is 0. The molecule has 0 N–H and O–H groups in total. The smallest absolute Gasteiger partial charge is 0.0235 e. The predicted octanol–water partition coefficient (Wildman–Crippen LogP) is 6.06. The highest BCUT2D eigenvalue weighted by Crippen LogP contribution is 2.81. The molecule has 0 heteroatoms. The highest BCUT2D eigenvalue weighted by Gasteiger charge is 2.71. The molecule has 0 spiro atoms. The maximum absolute atomic E-state index is 2.48. The summed E-state index contributed by atoms with van der Waals surface area (Å²) in [6.07, 6.45) is 12.1. The van der Waals surface area contributed by atoms with E-state index in [1.807, 2.05) is 0 Å². The summed E-state index contributed by atoms with van der Waals surface area (Å²) in [4.78, 5) is 0. The van der Waals surface area contributed by atoms with Gasteiger partial charge in [-0.3, -0.25) is 0 Å². The van der Waals surface area contributed by atoms with Crippen LogP contribution in [0.4, 0.5) is 0 Å². The van der Waals surface area contributed by atoms with Gasteiger partial charge in [0.05, 0.1) is 0 Å². The average molecular weight is 250 g/mol. The first kappa shape index (κ1) is 14.4. The minimum atomic E-state index is 0.840. The minimum absolute atomic E-state index is 0.840. The normalized spacial score (nSPS) is 37.0. The fourth-order valence-corrected chi connectivity index (χ4v) is 4.51. The second kappa shape index (κ2) is 5.17. The van der Waals surface area contributed by atoms with Gasteiger partial charge in [-0.15, -0.1) is 0 Å². The van der Waals surface area contributed by atoms with Gasteiger partial charge >= 0.3 is 0 Å². The molecule has 0 amide bonds. The van der Waals surface area contributed by atoms with Crippen molar-refractivity contribution in [1.29, 1.82) is 0 Å². The first-order valence-corrected chi connectivity index (χ1v) is 8.46. The standard InChI is InChI=1S/C18H34/c1-6-7-9-17-11-12-18(17,13-17)10-8-15(4)16(5)14(2)3/h14-16H,6-13H2,1-5H3. The van der Waals surface area contributed by atoms with Crippen LogP contribution in [0.2, 0.25) is 0 Å². The zero-order chi connectivity index (χ0) is 13.4. The molecule has 0 radical (unpaired) electrons. The number of hydrogen-bond donors (Lipinski definition) is 0. The molecule has 2 fully saturated rings. The monoisotopic (exact) mass is 250 g/mol. The van der Waals surface area contributed by atoms with Gasteiger partial charge in [-0.2, -0.15) is 0 Å². The number of hydrogen-bond acceptors (Lipinski definition) is 0. The van der Waals surface area contributed by atoms with Crippen molar-refractivity contribution in [3.63, 3.8) is 0 Å². The Kier molecular flexibility index (Phi) is 4.14. The van der Waals surface area contributed by atoms with E-state index in [1.54, 1.807) is 19.3 Å². The summed E-state index contributed by atoms with van der Waals surface area (Å²) in [6, 6.07) is 0. The molecule has 106 valence electrons. The fourth-order valence-electron chi connectivity index (χ4n) is 4.51. The van der Waals surface area contributed by atoms with E-state index in [2.05, 4.69) is 34.6 Å². The number of unbranched alkanes of at least 4 members (excludes halogenated alkanes) is 1. The van der Waals surface area contributed by atoms with Crippen molar-refractivity contribution in [1.82, 2.24) is 0 Å². The molecule has 2 aliphatic rings. The van der Waals surface area contributed by atoms with E-state index >= 15 is 0 Å². The van der Waals surface area contributed by atoms with Crippen molar-refractivity contribution in [2.24, 2.45) is 28.6 Å². The topological polar surface area (TPSA) is 0 Å². The van der Waals surface area contributed by atoms with Gasteiger partial charge in [-0.25, -0.2) is 0 Å². The minimum Gasteiger partial charge on any atom is -0.0654 e. The second-order valence-corrected chi connectivity index (χ2v) is 7.96. The van der Waals surface area contributed by atoms with Crippen LogP contribution < -0.4 is 0 Å². The third-order valence-electron chi connectivity index (χ3n) is 6.80. The molecule has 0 aromatic rings. The maximum Gasteiger partial charge on any atom is -0.0235 e. The first-order chi connectivity index (χ1) is 8.46. The third kappa shape index (κ3) is 2.37. The lowest BCUT2D eigenvalue weighted by atomic mass is 9.68. The van der Waals surface area contributed by atoms with Crippen molar-refractivity contribution >= 4 is 0 Å². The van der Waals surface area contributed by atoms with Crippen LogP contribution in [0.3, 0.4) is 0 Å². The molecule has 2 rings (SSSR count). The van der Waals surface area contributed by atoms with Gasteiger partial charge in [-0.05, 0) is 67.1 Å². The Balaban J connectivity index is 1.75. The Labute approximate surface area is 115 Å². The molecule has 0 aromatic carbocycles. The number of fused-ring (bicyclic) bond motifs is 1. The average Bonchev–Trinajstić information content (AvgIpc) is 2.80. The zero-order valence-corrected chi connectivity index (χ0v) is 13.4. The summed E-state index contributed by atoms with van der Waals surface area (Å²) in [6.45, 7) is 12.0. The van der Waals surface area contributed by atoms with E-state index < -0.39 is 0 Å². The van der Waals surface area contributed by atoms with Crippen molar-refractivity contribution in [3.8, 4) is 0 Å². The largest absolute Gasteiger partial charge is 0.0654 e. The van der Waals surface area contributed by atoms with Gasteiger partial charge in [0, 0.05) is 0 Å². The lowest BCUT2D eigenvalue weighted by Crippen LogP contribution is -2.27. The highest BCUT2D eigenvalue weighted by molar-refractivity contribution is 5.21. The summed E-state index contributed by atoms with van der Waals surface area (Å²) < 4.78 is 0. The van der Waals surface area contributed by atoms with Gasteiger partial charge < -0.3 is 0 Å². The Morgan fingerprint density at radius 1 is 0.944 bits per heavy atom. The van der Waals surface area contributed by atoms with E-state index in [0.717, 1.165) is 28.6 Å². The van der Waals surface area contributed by atoms with Crippen molar-refractivity contribution in [2.75, 3.05) is 0 Å². The molecule has 0 saturated heterocycles. The van der Waals surface area contributed by atoms with Gasteiger partial charge in [0.15, 0.2) is 0 Å². The molecule has 2 aliphatic carbocycles. The van der Waals surface area contributed by atoms with E-state index in [0.29, 0.717) is 0 Å². The second-order valence-electron chi connectivity index (χ2n) is 7.96. The highest BCUT2D eigenvalue weighted by atomic mass is 14.8. The molecular formula is C18H34. The molecule has 0 nitrogen and oxygen atoms in total. The zero-order valence-electron chi connectivity index (χ0n) is 13.4. The molecule has 0 heterocycles. The Morgan fingerprint density at radius 2 is 1.56 bits per heavy atom. The quantitative estimate of drug-likeness (QED) is 0.491. The van der Waals surface area contributed by atoms with E-state index in [9.17, 15) is 0 Å². The van der Waals surface area contributed by atoms with Gasteiger partial charge in [0.1, 0.15) is 0 Å². The van der Waals surface area contributed by atoms with Crippen molar-refractivity contribution in [3.05, 3.63) is 0 Å². The van der Waals surface area contributed by atoms with Crippen molar-refractivity contribution in [2.45, 2.75) is 86.0 Å². The lowest BCUT2D eigenvalue weighted by Gasteiger charge is -2.37. The van der Waals surface area contributed by atoms with E-state index in [4.69, 9.17) is 0 Å². The predicted molar refractivity (Wildman–Crippen MR) is 80.6 cm³/mol. The van der Waals surface area contributed by atoms with Gasteiger partial charge in [0.2, 0.25) is 0 Å². The molecule has 0 aliphatic heterocycles.